The highest BCUT2D eigenvalue weighted by molar-refractivity contribution is 5.77. The summed E-state index contributed by atoms with van der Waals surface area (Å²) in [5, 5.41) is 0. The lowest BCUT2D eigenvalue weighted by Crippen LogP contribution is -2.42. The van der Waals surface area contributed by atoms with Crippen LogP contribution in [0.3, 0.4) is 0 Å². The molecular formula is C16H24N4O3. The number of nitrogens with zero attached hydrogens (tertiary/aromatic N) is 3. The number of hydrogen-bond donors (Lipinski definition) is 1. The number of carbonyl (C=O) groups excluding carboxylic acids is 1. The SMILES string of the molecule is CCOc1cc(N2CCC([C@H]3OCC[C@@H]3C(N)=O)CC2)ncn1. The van der Waals surface area contributed by atoms with Crippen molar-refractivity contribution < 1.29 is 14.3 Å². The molecule has 1 amide bonds. The summed E-state index contributed by atoms with van der Waals surface area (Å²) >= 11 is 0. The van der Waals surface area contributed by atoms with E-state index in [1.807, 2.05) is 13.0 Å². The molecule has 2 aliphatic heterocycles. The molecule has 0 aromatic carbocycles. The van der Waals surface area contributed by atoms with Crippen LogP contribution in [-0.2, 0) is 9.53 Å². The molecule has 2 N–H and O–H groups in total. The maximum atomic E-state index is 11.5. The zero-order chi connectivity index (χ0) is 16.2. The van der Waals surface area contributed by atoms with E-state index in [9.17, 15) is 4.79 Å². The quantitative estimate of drug-likeness (QED) is 0.870. The molecule has 2 atom stereocenters. The topological polar surface area (TPSA) is 90.6 Å². The molecule has 0 saturated carbocycles. The molecule has 0 bridgehead atoms. The Hall–Kier alpha value is -1.89. The molecule has 3 rings (SSSR count). The lowest BCUT2D eigenvalue weighted by atomic mass is 9.84. The molecule has 1 aromatic heterocycles. The van der Waals surface area contributed by atoms with Crippen molar-refractivity contribution in [3.63, 3.8) is 0 Å². The molecule has 3 heterocycles. The zero-order valence-electron chi connectivity index (χ0n) is 13.5. The number of primary amides is 1. The lowest BCUT2D eigenvalue weighted by molar-refractivity contribution is -0.124. The average Bonchev–Trinajstić information content (AvgIpc) is 3.05. The monoisotopic (exact) mass is 320 g/mol. The van der Waals surface area contributed by atoms with Crippen LogP contribution in [0.15, 0.2) is 12.4 Å². The van der Waals surface area contributed by atoms with Gasteiger partial charge in [-0.25, -0.2) is 9.97 Å². The van der Waals surface area contributed by atoms with E-state index in [1.165, 1.54) is 6.33 Å². The van der Waals surface area contributed by atoms with Gasteiger partial charge in [-0.1, -0.05) is 0 Å². The molecule has 7 heteroatoms. The van der Waals surface area contributed by atoms with Gasteiger partial charge in [0.05, 0.1) is 18.6 Å². The Bertz CT molecular complexity index is 546. The van der Waals surface area contributed by atoms with E-state index in [4.69, 9.17) is 15.2 Å². The van der Waals surface area contributed by atoms with E-state index in [0.29, 0.717) is 25.0 Å². The van der Waals surface area contributed by atoms with Crippen LogP contribution < -0.4 is 15.4 Å². The van der Waals surface area contributed by atoms with Crippen LogP contribution in [0.5, 0.6) is 5.88 Å². The molecule has 2 aliphatic rings. The van der Waals surface area contributed by atoms with Gasteiger partial charge >= 0.3 is 0 Å². The molecule has 126 valence electrons. The normalized spacial score (nSPS) is 25.5. The van der Waals surface area contributed by atoms with Gasteiger partial charge < -0.3 is 20.1 Å². The van der Waals surface area contributed by atoms with Gasteiger partial charge in [-0.3, -0.25) is 4.79 Å². The minimum Gasteiger partial charge on any atom is -0.478 e. The summed E-state index contributed by atoms with van der Waals surface area (Å²) in [6, 6.07) is 1.88. The van der Waals surface area contributed by atoms with Gasteiger partial charge in [0.2, 0.25) is 11.8 Å². The number of ether oxygens (including phenoxy) is 2. The second-order valence-corrected chi connectivity index (χ2v) is 6.10. The predicted octanol–water partition coefficient (Wildman–Crippen LogP) is 0.982. The Morgan fingerprint density at radius 1 is 1.39 bits per heavy atom. The van der Waals surface area contributed by atoms with Gasteiger partial charge in [0.1, 0.15) is 12.1 Å². The minimum atomic E-state index is -0.230. The third-order valence-corrected chi connectivity index (χ3v) is 4.75. The Kier molecular flexibility index (Phi) is 4.95. The van der Waals surface area contributed by atoms with Crippen molar-refractivity contribution >= 4 is 11.7 Å². The first-order valence-corrected chi connectivity index (χ1v) is 8.29. The van der Waals surface area contributed by atoms with Crippen LogP contribution >= 0.6 is 0 Å². The molecule has 2 saturated heterocycles. The van der Waals surface area contributed by atoms with Gasteiger partial charge in [-0.15, -0.1) is 0 Å². The van der Waals surface area contributed by atoms with Crippen molar-refractivity contribution in [2.24, 2.45) is 17.6 Å². The van der Waals surface area contributed by atoms with E-state index in [-0.39, 0.29) is 17.9 Å². The van der Waals surface area contributed by atoms with Crippen molar-refractivity contribution in [3.8, 4) is 5.88 Å². The van der Waals surface area contributed by atoms with Gasteiger partial charge in [-0.2, -0.15) is 0 Å². The predicted molar refractivity (Wildman–Crippen MR) is 85.2 cm³/mol. The number of aromatic nitrogens is 2. The van der Waals surface area contributed by atoms with Crippen LogP contribution in [0.2, 0.25) is 0 Å². The summed E-state index contributed by atoms with van der Waals surface area (Å²) in [6.45, 7) is 4.94. The minimum absolute atomic E-state index is 0.0148. The molecular weight excluding hydrogens is 296 g/mol. The summed E-state index contributed by atoms with van der Waals surface area (Å²) in [5.41, 5.74) is 5.50. The van der Waals surface area contributed by atoms with Crippen molar-refractivity contribution in [2.75, 3.05) is 31.2 Å². The van der Waals surface area contributed by atoms with Crippen LogP contribution in [0, 0.1) is 11.8 Å². The summed E-state index contributed by atoms with van der Waals surface area (Å²) in [4.78, 5) is 22.2. The Morgan fingerprint density at radius 2 is 2.17 bits per heavy atom. The number of amides is 1. The fraction of sp³-hybridized carbons (Fsp3) is 0.688. The van der Waals surface area contributed by atoms with Crippen molar-refractivity contribution in [1.82, 2.24) is 9.97 Å². The number of piperidine rings is 1. The fourth-order valence-corrected chi connectivity index (χ4v) is 3.57. The number of carbonyl (C=O) groups is 1. The van der Waals surface area contributed by atoms with Gasteiger partial charge in [0.25, 0.3) is 0 Å². The van der Waals surface area contributed by atoms with E-state index >= 15 is 0 Å². The summed E-state index contributed by atoms with van der Waals surface area (Å²) in [7, 11) is 0. The Morgan fingerprint density at radius 3 is 2.87 bits per heavy atom. The molecule has 23 heavy (non-hydrogen) atoms. The van der Waals surface area contributed by atoms with Crippen molar-refractivity contribution in [1.29, 1.82) is 0 Å². The molecule has 1 aromatic rings. The average molecular weight is 320 g/mol. The van der Waals surface area contributed by atoms with Crippen LogP contribution in [0.4, 0.5) is 5.82 Å². The second kappa shape index (κ2) is 7.12. The third-order valence-electron chi connectivity index (χ3n) is 4.75. The molecule has 7 nitrogen and oxygen atoms in total. The second-order valence-electron chi connectivity index (χ2n) is 6.10. The largest absolute Gasteiger partial charge is 0.478 e. The lowest BCUT2D eigenvalue weighted by Gasteiger charge is -2.36. The molecule has 2 fully saturated rings. The highest BCUT2D eigenvalue weighted by Crippen LogP contribution is 2.34. The van der Waals surface area contributed by atoms with E-state index in [2.05, 4.69) is 14.9 Å². The number of nitrogens with two attached hydrogens (primary N) is 1. The van der Waals surface area contributed by atoms with Gasteiger partial charge in [0.15, 0.2) is 0 Å². The summed E-state index contributed by atoms with van der Waals surface area (Å²) in [6.07, 6.45) is 4.23. The zero-order valence-corrected chi connectivity index (χ0v) is 13.5. The summed E-state index contributed by atoms with van der Waals surface area (Å²) < 4.78 is 11.2. The number of rotatable bonds is 5. The molecule has 0 radical (unpaired) electrons. The Labute approximate surface area is 136 Å². The number of anilines is 1. The highest BCUT2D eigenvalue weighted by atomic mass is 16.5. The summed E-state index contributed by atoms with van der Waals surface area (Å²) in [5.74, 6) is 1.52. The van der Waals surface area contributed by atoms with E-state index in [0.717, 1.165) is 38.2 Å². The molecule has 0 unspecified atom stereocenters. The van der Waals surface area contributed by atoms with Crippen LogP contribution in [0.1, 0.15) is 26.2 Å². The number of hydrogen-bond acceptors (Lipinski definition) is 6. The van der Waals surface area contributed by atoms with Crippen LogP contribution in [0.25, 0.3) is 0 Å². The van der Waals surface area contributed by atoms with E-state index in [1.54, 1.807) is 0 Å². The first kappa shape index (κ1) is 16.0. The van der Waals surface area contributed by atoms with Crippen LogP contribution in [-0.4, -0.2) is 48.3 Å². The standard InChI is InChI=1S/C16H24N4O3/c1-2-22-14-9-13(18-10-19-14)20-6-3-11(4-7-20)15-12(16(17)21)5-8-23-15/h9-12,15H,2-8H2,1H3,(H2,17,21)/t12-,15+/m0/s1. The smallest absolute Gasteiger partial charge is 0.223 e. The Balaban J connectivity index is 1.60. The first-order chi connectivity index (χ1) is 11.2. The maximum absolute atomic E-state index is 11.5. The highest BCUT2D eigenvalue weighted by Gasteiger charge is 2.39. The first-order valence-electron chi connectivity index (χ1n) is 8.29. The third kappa shape index (κ3) is 3.55. The van der Waals surface area contributed by atoms with E-state index < -0.39 is 0 Å². The van der Waals surface area contributed by atoms with Crippen molar-refractivity contribution in [2.45, 2.75) is 32.3 Å². The molecule has 0 aliphatic carbocycles. The van der Waals surface area contributed by atoms with Gasteiger partial charge in [0, 0.05) is 25.8 Å². The van der Waals surface area contributed by atoms with Gasteiger partial charge in [-0.05, 0) is 32.1 Å². The fourth-order valence-electron chi connectivity index (χ4n) is 3.57. The maximum Gasteiger partial charge on any atom is 0.223 e. The molecule has 0 spiro atoms. The van der Waals surface area contributed by atoms with Crippen molar-refractivity contribution in [3.05, 3.63) is 12.4 Å².